The number of nitrogens with zero attached hydrogens (tertiary/aromatic N) is 2. The summed E-state index contributed by atoms with van der Waals surface area (Å²) in [6, 6.07) is 4.22. The summed E-state index contributed by atoms with van der Waals surface area (Å²) in [5.74, 6) is 0. The highest BCUT2D eigenvalue weighted by atomic mass is 19.3. The Labute approximate surface area is 73.8 Å². The summed E-state index contributed by atoms with van der Waals surface area (Å²) >= 11 is 0. The van der Waals surface area contributed by atoms with E-state index in [1.165, 1.54) is 6.07 Å². The van der Waals surface area contributed by atoms with Gasteiger partial charge in [-0.15, -0.1) is 0 Å². The van der Waals surface area contributed by atoms with Crippen LogP contribution in [-0.2, 0) is 6.54 Å². The van der Waals surface area contributed by atoms with Crippen LogP contribution in [0.5, 0.6) is 0 Å². The van der Waals surface area contributed by atoms with E-state index in [-0.39, 0.29) is 12.1 Å². The van der Waals surface area contributed by atoms with Crippen LogP contribution in [0.2, 0.25) is 0 Å². The van der Waals surface area contributed by atoms with Crippen molar-refractivity contribution in [2.45, 2.75) is 13.0 Å². The van der Waals surface area contributed by atoms with E-state index in [1.807, 2.05) is 0 Å². The second kappa shape index (κ2) is 3.92. The summed E-state index contributed by atoms with van der Waals surface area (Å²) in [6.07, 6.45) is -2.67. The molecule has 1 aromatic rings. The molecule has 0 aliphatic heterocycles. The topological polar surface area (TPSA) is 62.7 Å². The molecule has 0 spiro atoms. The minimum absolute atomic E-state index is 0.0508. The molecule has 0 aromatic carbocycles. The van der Waals surface area contributed by atoms with Crippen molar-refractivity contribution in [1.82, 2.24) is 4.98 Å². The lowest BCUT2D eigenvalue weighted by Gasteiger charge is -2.02. The van der Waals surface area contributed by atoms with Crippen LogP contribution >= 0.6 is 0 Å². The molecule has 1 heterocycles. The summed E-state index contributed by atoms with van der Waals surface area (Å²) in [6.45, 7) is 0.0508. The van der Waals surface area contributed by atoms with Gasteiger partial charge in [0.1, 0.15) is 5.69 Å². The normalized spacial score (nSPS) is 10.1. The van der Waals surface area contributed by atoms with Gasteiger partial charge in [-0.2, -0.15) is 5.26 Å². The van der Waals surface area contributed by atoms with Gasteiger partial charge in [-0.25, -0.2) is 8.78 Å². The lowest BCUT2D eigenvalue weighted by Crippen LogP contribution is -2.03. The van der Waals surface area contributed by atoms with Crippen molar-refractivity contribution in [3.05, 3.63) is 29.1 Å². The zero-order valence-electron chi connectivity index (χ0n) is 6.67. The highest BCUT2D eigenvalue weighted by Gasteiger charge is 2.10. The van der Waals surface area contributed by atoms with Crippen LogP contribution in [0.25, 0.3) is 0 Å². The van der Waals surface area contributed by atoms with E-state index in [4.69, 9.17) is 11.0 Å². The fourth-order valence-electron chi connectivity index (χ4n) is 0.892. The molecule has 0 saturated carbocycles. The number of hydrogen-bond acceptors (Lipinski definition) is 3. The second-order valence-corrected chi connectivity index (χ2v) is 2.39. The van der Waals surface area contributed by atoms with Gasteiger partial charge >= 0.3 is 0 Å². The second-order valence-electron chi connectivity index (χ2n) is 2.39. The molecule has 2 N–H and O–H groups in total. The molecule has 0 radical (unpaired) electrons. The first-order valence-electron chi connectivity index (χ1n) is 3.56. The number of alkyl halides is 2. The third-order valence-corrected chi connectivity index (χ3v) is 1.46. The molecule has 13 heavy (non-hydrogen) atoms. The quantitative estimate of drug-likeness (QED) is 0.752. The minimum Gasteiger partial charge on any atom is -0.325 e. The zero-order valence-corrected chi connectivity index (χ0v) is 6.67. The molecule has 0 aliphatic carbocycles. The average molecular weight is 183 g/mol. The van der Waals surface area contributed by atoms with E-state index in [2.05, 4.69) is 4.98 Å². The maximum Gasteiger partial charge on any atom is 0.280 e. The van der Waals surface area contributed by atoms with Gasteiger partial charge < -0.3 is 5.73 Å². The SMILES string of the molecule is N#Cc1cc(CN)nc(C(F)F)c1. The van der Waals surface area contributed by atoms with E-state index >= 15 is 0 Å². The number of pyridine rings is 1. The van der Waals surface area contributed by atoms with Crippen LogP contribution in [0.3, 0.4) is 0 Å². The van der Waals surface area contributed by atoms with Gasteiger partial charge in [0.05, 0.1) is 17.3 Å². The summed E-state index contributed by atoms with van der Waals surface area (Å²) in [4.78, 5) is 3.57. The first-order chi connectivity index (χ1) is 6.17. The molecule has 0 bridgehead atoms. The number of halogens is 2. The maximum atomic E-state index is 12.2. The Morgan fingerprint density at radius 2 is 2.23 bits per heavy atom. The highest BCUT2D eigenvalue weighted by Crippen LogP contribution is 2.17. The lowest BCUT2D eigenvalue weighted by atomic mass is 10.2. The van der Waals surface area contributed by atoms with Gasteiger partial charge in [-0.05, 0) is 12.1 Å². The van der Waals surface area contributed by atoms with Crippen LogP contribution in [0.1, 0.15) is 23.4 Å². The Morgan fingerprint density at radius 3 is 2.69 bits per heavy atom. The van der Waals surface area contributed by atoms with Gasteiger partial charge in [0.25, 0.3) is 6.43 Å². The number of nitrogens with two attached hydrogens (primary N) is 1. The molecule has 0 amide bonds. The van der Waals surface area contributed by atoms with Crippen molar-refractivity contribution < 1.29 is 8.78 Å². The van der Waals surface area contributed by atoms with E-state index in [0.29, 0.717) is 5.69 Å². The first kappa shape index (κ1) is 9.55. The van der Waals surface area contributed by atoms with Gasteiger partial charge in [0, 0.05) is 6.54 Å². The molecule has 0 unspecified atom stereocenters. The van der Waals surface area contributed by atoms with Gasteiger partial charge in [0.2, 0.25) is 0 Å². The van der Waals surface area contributed by atoms with Crippen molar-refractivity contribution in [2.75, 3.05) is 0 Å². The molecular formula is C8H7F2N3. The van der Waals surface area contributed by atoms with Crippen LogP contribution in [-0.4, -0.2) is 4.98 Å². The molecule has 1 aromatic heterocycles. The number of nitriles is 1. The molecule has 68 valence electrons. The van der Waals surface area contributed by atoms with Crippen molar-refractivity contribution in [3.8, 4) is 6.07 Å². The van der Waals surface area contributed by atoms with Crippen LogP contribution in [0.15, 0.2) is 12.1 Å². The van der Waals surface area contributed by atoms with Crippen molar-refractivity contribution >= 4 is 0 Å². The van der Waals surface area contributed by atoms with Crippen LogP contribution in [0, 0.1) is 11.3 Å². The van der Waals surface area contributed by atoms with Crippen molar-refractivity contribution in [3.63, 3.8) is 0 Å². The zero-order chi connectivity index (χ0) is 9.84. The van der Waals surface area contributed by atoms with E-state index in [0.717, 1.165) is 6.07 Å². The summed E-state index contributed by atoms with van der Waals surface area (Å²) in [5, 5.41) is 8.50. The smallest absolute Gasteiger partial charge is 0.280 e. The Morgan fingerprint density at radius 1 is 1.54 bits per heavy atom. The summed E-state index contributed by atoms with van der Waals surface area (Å²) < 4.78 is 24.4. The van der Waals surface area contributed by atoms with Gasteiger partial charge in [0.15, 0.2) is 0 Å². The largest absolute Gasteiger partial charge is 0.325 e. The average Bonchev–Trinajstić information content (AvgIpc) is 2.16. The Hall–Kier alpha value is -1.54. The molecule has 0 fully saturated rings. The highest BCUT2D eigenvalue weighted by molar-refractivity contribution is 5.32. The molecule has 0 atom stereocenters. The molecule has 5 heteroatoms. The molecule has 3 nitrogen and oxygen atoms in total. The van der Waals surface area contributed by atoms with Crippen LogP contribution < -0.4 is 5.73 Å². The third kappa shape index (κ3) is 2.20. The van der Waals surface area contributed by atoms with Crippen molar-refractivity contribution in [1.29, 1.82) is 5.26 Å². The minimum atomic E-state index is -2.67. The number of rotatable bonds is 2. The number of hydrogen-bond donors (Lipinski definition) is 1. The molecule has 0 aliphatic rings. The number of aromatic nitrogens is 1. The van der Waals surface area contributed by atoms with E-state index in [1.54, 1.807) is 6.07 Å². The standard InChI is InChI=1S/C8H7F2N3/c9-8(10)7-2-5(3-11)1-6(4-12)13-7/h1-2,8H,4,12H2. The van der Waals surface area contributed by atoms with E-state index in [9.17, 15) is 8.78 Å². The van der Waals surface area contributed by atoms with Crippen molar-refractivity contribution in [2.24, 2.45) is 5.73 Å². The summed E-state index contributed by atoms with van der Waals surface area (Å²) in [7, 11) is 0. The summed E-state index contributed by atoms with van der Waals surface area (Å²) in [5.41, 5.74) is 5.28. The Bertz CT molecular complexity index is 344. The maximum absolute atomic E-state index is 12.2. The Balaban J connectivity index is 3.17. The lowest BCUT2D eigenvalue weighted by molar-refractivity contribution is 0.146. The van der Waals surface area contributed by atoms with Crippen LogP contribution in [0.4, 0.5) is 8.78 Å². The fourth-order valence-corrected chi connectivity index (χ4v) is 0.892. The van der Waals surface area contributed by atoms with Gasteiger partial charge in [-0.3, -0.25) is 4.98 Å². The molecular weight excluding hydrogens is 176 g/mol. The van der Waals surface area contributed by atoms with Gasteiger partial charge in [-0.1, -0.05) is 0 Å². The molecule has 0 saturated heterocycles. The van der Waals surface area contributed by atoms with E-state index < -0.39 is 12.1 Å². The monoisotopic (exact) mass is 183 g/mol. The third-order valence-electron chi connectivity index (χ3n) is 1.46. The fraction of sp³-hybridized carbons (Fsp3) is 0.250. The Kier molecular flexibility index (Phi) is 2.88. The molecule has 1 rings (SSSR count). The predicted octanol–water partition coefficient (Wildman–Crippen LogP) is 1.35. The first-order valence-corrected chi connectivity index (χ1v) is 3.56. The predicted molar refractivity (Wildman–Crippen MR) is 41.8 cm³/mol.